The van der Waals surface area contributed by atoms with Gasteiger partial charge in [0.25, 0.3) is 0 Å². The van der Waals surface area contributed by atoms with Crippen LogP contribution in [0.5, 0.6) is 0 Å². The van der Waals surface area contributed by atoms with Crippen molar-refractivity contribution in [3.8, 4) is 6.07 Å². The van der Waals surface area contributed by atoms with Crippen LogP contribution in [0.2, 0.25) is 0 Å². The predicted octanol–water partition coefficient (Wildman–Crippen LogP) is 0.00488. The highest BCUT2D eigenvalue weighted by atomic mass is 16.5. The monoisotopic (exact) mass is 156 g/mol. The van der Waals surface area contributed by atoms with Crippen LogP contribution in [0.15, 0.2) is 0 Å². The first-order valence-corrected chi connectivity index (χ1v) is 3.33. The second kappa shape index (κ2) is 5.69. The van der Waals surface area contributed by atoms with Crippen molar-refractivity contribution in [1.29, 1.82) is 5.26 Å². The van der Waals surface area contributed by atoms with Gasteiger partial charge in [-0.3, -0.25) is 9.69 Å². The Morgan fingerprint density at radius 2 is 2.36 bits per heavy atom. The summed E-state index contributed by atoms with van der Waals surface area (Å²) in [5.41, 5.74) is 0. The maximum atomic E-state index is 10.6. The third kappa shape index (κ3) is 5.37. The fourth-order valence-electron chi connectivity index (χ4n) is 0.605. The Balaban J connectivity index is 3.45. The van der Waals surface area contributed by atoms with Crippen LogP contribution in [0, 0.1) is 11.3 Å². The molecule has 0 bridgehead atoms. The lowest BCUT2D eigenvalue weighted by Gasteiger charge is -2.11. The Kier molecular flexibility index (Phi) is 5.13. The molecule has 11 heavy (non-hydrogen) atoms. The lowest BCUT2D eigenvalue weighted by molar-refractivity contribution is -0.141. The van der Waals surface area contributed by atoms with Crippen LogP contribution in [0.3, 0.4) is 0 Å². The van der Waals surface area contributed by atoms with Gasteiger partial charge in [0.1, 0.15) is 0 Å². The second-order valence-corrected chi connectivity index (χ2v) is 2.22. The van der Waals surface area contributed by atoms with Gasteiger partial charge in [-0.25, -0.2) is 0 Å². The minimum atomic E-state index is -0.273. The molecule has 0 saturated carbocycles. The molecule has 4 nitrogen and oxygen atoms in total. The number of carbonyl (C=O) groups is 1. The summed E-state index contributed by atoms with van der Waals surface area (Å²) < 4.78 is 4.44. The Labute approximate surface area is 66.4 Å². The molecule has 0 unspecified atom stereocenters. The third-order valence-electron chi connectivity index (χ3n) is 1.23. The number of likely N-dealkylation sites (N-methyl/N-ethyl adjacent to an activating group) is 1. The molecule has 0 amide bonds. The van der Waals surface area contributed by atoms with E-state index in [-0.39, 0.29) is 12.5 Å². The number of methoxy groups -OCH3 is 1. The van der Waals surface area contributed by atoms with E-state index >= 15 is 0 Å². The molecule has 0 saturated heterocycles. The fourth-order valence-corrected chi connectivity index (χ4v) is 0.605. The number of esters is 1. The molecule has 0 aromatic rings. The van der Waals surface area contributed by atoms with E-state index in [0.717, 1.165) is 0 Å². The van der Waals surface area contributed by atoms with Gasteiger partial charge in [0.05, 0.1) is 19.7 Å². The number of nitriles is 1. The third-order valence-corrected chi connectivity index (χ3v) is 1.23. The highest BCUT2D eigenvalue weighted by Gasteiger charge is 2.04. The number of carbonyl (C=O) groups excluding carboxylic acids is 1. The van der Waals surface area contributed by atoms with Gasteiger partial charge in [0, 0.05) is 13.0 Å². The van der Waals surface area contributed by atoms with Crippen molar-refractivity contribution in [2.45, 2.75) is 6.42 Å². The molecule has 0 aliphatic carbocycles. The number of ether oxygens (including phenoxy) is 1. The van der Waals surface area contributed by atoms with E-state index in [1.807, 2.05) is 6.07 Å². The van der Waals surface area contributed by atoms with E-state index in [9.17, 15) is 4.79 Å². The molecule has 0 aliphatic rings. The quantitative estimate of drug-likeness (QED) is 0.538. The summed E-state index contributed by atoms with van der Waals surface area (Å²) in [4.78, 5) is 12.4. The number of nitrogens with zero attached hydrogens (tertiary/aromatic N) is 2. The standard InChI is InChI=1S/C7H12N2O2/c1-9(5-3-4-8)6-7(10)11-2/h3,5-6H2,1-2H3. The van der Waals surface area contributed by atoms with Crippen molar-refractivity contribution in [3.63, 3.8) is 0 Å². The molecule has 0 rings (SSSR count). The maximum absolute atomic E-state index is 10.6. The summed E-state index contributed by atoms with van der Waals surface area (Å²) in [6.07, 6.45) is 0.438. The van der Waals surface area contributed by atoms with Crippen LogP contribution in [0.25, 0.3) is 0 Å². The molecule has 0 fully saturated rings. The smallest absolute Gasteiger partial charge is 0.319 e. The zero-order valence-electron chi connectivity index (χ0n) is 6.83. The SMILES string of the molecule is COC(=O)CN(C)CCC#N. The van der Waals surface area contributed by atoms with Gasteiger partial charge in [0.15, 0.2) is 0 Å². The van der Waals surface area contributed by atoms with Gasteiger partial charge in [-0.05, 0) is 7.05 Å². The zero-order valence-corrected chi connectivity index (χ0v) is 6.83. The molecule has 0 aromatic heterocycles. The normalized spacial score (nSPS) is 9.27. The first kappa shape index (κ1) is 9.92. The van der Waals surface area contributed by atoms with Crippen LogP contribution < -0.4 is 0 Å². The molecule has 0 aromatic carbocycles. The van der Waals surface area contributed by atoms with Crippen molar-refractivity contribution >= 4 is 5.97 Å². The average Bonchev–Trinajstić information content (AvgIpc) is 2.00. The topological polar surface area (TPSA) is 53.3 Å². The molecule has 0 N–H and O–H groups in total. The average molecular weight is 156 g/mol. The maximum Gasteiger partial charge on any atom is 0.319 e. The lowest BCUT2D eigenvalue weighted by atomic mass is 10.4. The van der Waals surface area contributed by atoms with Crippen LogP contribution in [-0.4, -0.2) is 38.1 Å². The van der Waals surface area contributed by atoms with Crippen molar-refractivity contribution in [2.75, 3.05) is 27.2 Å². The van der Waals surface area contributed by atoms with Gasteiger partial charge in [-0.15, -0.1) is 0 Å². The van der Waals surface area contributed by atoms with Crippen LogP contribution in [0.4, 0.5) is 0 Å². The molecule has 0 radical (unpaired) electrons. The first-order valence-electron chi connectivity index (χ1n) is 3.33. The fraction of sp³-hybridized carbons (Fsp3) is 0.714. The molecule has 4 heteroatoms. The van der Waals surface area contributed by atoms with Crippen molar-refractivity contribution < 1.29 is 9.53 Å². The number of rotatable bonds is 4. The number of hydrogen-bond acceptors (Lipinski definition) is 4. The van der Waals surface area contributed by atoms with E-state index in [1.54, 1.807) is 11.9 Å². The van der Waals surface area contributed by atoms with Crippen molar-refractivity contribution in [3.05, 3.63) is 0 Å². The zero-order chi connectivity index (χ0) is 8.69. The summed E-state index contributed by atoms with van der Waals surface area (Å²) in [6, 6.07) is 2.00. The van der Waals surface area contributed by atoms with E-state index in [4.69, 9.17) is 5.26 Å². The molecular weight excluding hydrogens is 144 g/mol. The lowest BCUT2D eigenvalue weighted by Crippen LogP contribution is -2.27. The Morgan fingerprint density at radius 1 is 1.73 bits per heavy atom. The summed E-state index contributed by atoms with van der Waals surface area (Å²) in [5, 5.41) is 8.21. The van der Waals surface area contributed by atoms with Gasteiger partial charge in [0.2, 0.25) is 0 Å². The summed E-state index contributed by atoms with van der Waals surface area (Å²) >= 11 is 0. The first-order chi connectivity index (χ1) is 5.20. The minimum Gasteiger partial charge on any atom is -0.468 e. The van der Waals surface area contributed by atoms with Crippen LogP contribution in [0.1, 0.15) is 6.42 Å². The summed E-state index contributed by atoms with van der Waals surface area (Å²) in [5.74, 6) is -0.273. The summed E-state index contributed by atoms with van der Waals surface area (Å²) in [7, 11) is 3.12. The highest BCUT2D eigenvalue weighted by Crippen LogP contribution is 1.86. The highest BCUT2D eigenvalue weighted by molar-refractivity contribution is 5.71. The second-order valence-electron chi connectivity index (χ2n) is 2.22. The number of hydrogen-bond donors (Lipinski definition) is 0. The minimum absolute atomic E-state index is 0.248. The Morgan fingerprint density at radius 3 is 2.82 bits per heavy atom. The van der Waals surface area contributed by atoms with Gasteiger partial charge >= 0.3 is 5.97 Å². The van der Waals surface area contributed by atoms with Crippen LogP contribution >= 0.6 is 0 Å². The Hall–Kier alpha value is -1.08. The van der Waals surface area contributed by atoms with Gasteiger partial charge in [-0.2, -0.15) is 5.26 Å². The molecule has 62 valence electrons. The van der Waals surface area contributed by atoms with Crippen molar-refractivity contribution in [2.24, 2.45) is 0 Å². The largest absolute Gasteiger partial charge is 0.468 e. The van der Waals surface area contributed by atoms with E-state index in [0.29, 0.717) is 13.0 Å². The molecule has 0 spiro atoms. The van der Waals surface area contributed by atoms with E-state index in [2.05, 4.69) is 4.74 Å². The molecule has 0 atom stereocenters. The molecular formula is C7H12N2O2. The van der Waals surface area contributed by atoms with Crippen LogP contribution in [-0.2, 0) is 9.53 Å². The summed E-state index contributed by atoms with van der Waals surface area (Å²) in [6.45, 7) is 0.851. The Bertz CT molecular complexity index is 162. The van der Waals surface area contributed by atoms with Gasteiger partial charge in [-0.1, -0.05) is 0 Å². The van der Waals surface area contributed by atoms with Gasteiger partial charge < -0.3 is 4.74 Å². The van der Waals surface area contributed by atoms with E-state index < -0.39 is 0 Å². The predicted molar refractivity (Wildman–Crippen MR) is 39.7 cm³/mol. The molecule has 0 aliphatic heterocycles. The van der Waals surface area contributed by atoms with E-state index in [1.165, 1.54) is 7.11 Å². The van der Waals surface area contributed by atoms with Crippen molar-refractivity contribution in [1.82, 2.24) is 4.90 Å². The molecule has 0 heterocycles.